The number of hydrogen-bond acceptors (Lipinski definition) is 4. The van der Waals surface area contributed by atoms with E-state index in [0.29, 0.717) is 0 Å². The molecule has 0 aliphatic carbocycles. The Balaban J connectivity index is 1.44. The molecule has 0 saturated carbocycles. The van der Waals surface area contributed by atoms with Crippen LogP contribution in [0.25, 0.3) is 0 Å². The highest BCUT2D eigenvalue weighted by molar-refractivity contribution is 7.11. The summed E-state index contributed by atoms with van der Waals surface area (Å²) in [5, 5.41) is 4.67. The van der Waals surface area contributed by atoms with Crippen LogP contribution in [0.5, 0.6) is 0 Å². The third-order valence-electron chi connectivity index (χ3n) is 4.77. The number of nitrogens with zero attached hydrogens (tertiary/aromatic N) is 4. The molecule has 2 aromatic rings. The predicted octanol–water partition coefficient (Wildman–Crippen LogP) is 2.70. The van der Waals surface area contributed by atoms with Gasteiger partial charge in [-0.05, 0) is 19.4 Å². The van der Waals surface area contributed by atoms with Crippen LogP contribution in [0.1, 0.15) is 21.1 Å². The molecule has 0 unspecified atom stereocenters. The fourth-order valence-electron chi connectivity index (χ4n) is 3.38. The van der Waals surface area contributed by atoms with Gasteiger partial charge in [-0.3, -0.25) is 9.89 Å². The summed E-state index contributed by atoms with van der Waals surface area (Å²) in [5.41, 5.74) is 2.55. The number of hydrogen-bond donors (Lipinski definition) is 1. The number of guanidine groups is 1. The summed E-state index contributed by atoms with van der Waals surface area (Å²) in [6.07, 6.45) is 1.00. The molecule has 1 aliphatic rings. The van der Waals surface area contributed by atoms with E-state index in [1.807, 2.05) is 7.05 Å². The maximum Gasteiger partial charge on any atom is 0.193 e. The van der Waals surface area contributed by atoms with Crippen molar-refractivity contribution in [2.45, 2.75) is 26.8 Å². The average Bonchev–Trinajstić information content (AvgIpc) is 2.98. The van der Waals surface area contributed by atoms with Crippen molar-refractivity contribution < 1.29 is 0 Å². The zero-order valence-electron chi connectivity index (χ0n) is 16.0. The molecule has 1 saturated heterocycles. The van der Waals surface area contributed by atoms with Gasteiger partial charge in [-0.25, -0.2) is 4.98 Å². The molecule has 0 amide bonds. The van der Waals surface area contributed by atoms with E-state index in [-0.39, 0.29) is 0 Å². The van der Waals surface area contributed by atoms with E-state index < -0.39 is 0 Å². The molecule has 0 radical (unpaired) electrons. The molecule has 1 aromatic carbocycles. The van der Waals surface area contributed by atoms with Gasteiger partial charge in [0.25, 0.3) is 0 Å². The predicted molar refractivity (Wildman–Crippen MR) is 110 cm³/mol. The number of piperazine rings is 1. The van der Waals surface area contributed by atoms with Crippen molar-refractivity contribution in [2.24, 2.45) is 4.99 Å². The Hall–Kier alpha value is -1.92. The van der Waals surface area contributed by atoms with Gasteiger partial charge >= 0.3 is 0 Å². The molecule has 1 aliphatic heterocycles. The molecule has 1 fully saturated rings. The fourth-order valence-corrected chi connectivity index (χ4v) is 4.32. The summed E-state index contributed by atoms with van der Waals surface area (Å²) in [5.74, 6) is 1.02. The summed E-state index contributed by atoms with van der Waals surface area (Å²) in [6.45, 7) is 10.3. The van der Waals surface area contributed by atoms with E-state index in [0.717, 1.165) is 56.7 Å². The lowest BCUT2D eigenvalue weighted by Gasteiger charge is -2.36. The summed E-state index contributed by atoms with van der Waals surface area (Å²) in [7, 11) is 1.88. The molecule has 1 aromatic heterocycles. The van der Waals surface area contributed by atoms with Crippen molar-refractivity contribution in [3.8, 4) is 0 Å². The normalized spacial score (nSPS) is 16.1. The van der Waals surface area contributed by atoms with Crippen molar-refractivity contribution in [1.29, 1.82) is 0 Å². The van der Waals surface area contributed by atoms with Crippen LogP contribution < -0.4 is 5.32 Å². The van der Waals surface area contributed by atoms with Crippen molar-refractivity contribution in [3.05, 3.63) is 51.5 Å². The fraction of sp³-hybridized carbons (Fsp3) is 0.500. The van der Waals surface area contributed by atoms with Gasteiger partial charge in [0.1, 0.15) is 0 Å². The van der Waals surface area contributed by atoms with Crippen molar-refractivity contribution in [2.75, 3.05) is 39.8 Å². The first-order chi connectivity index (χ1) is 12.7. The van der Waals surface area contributed by atoms with Crippen LogP contribution in [-0.2, 0) is 13.0 Å². The third-order valence-corrected chi connectivity index (χ3v) is 5.90. The monoisotopic (exact) mass is 371 g/mol. The number of thiazole rings is 1. The minimum Gasteiger partial charge on any atom is -0.356 e. The maximum atomic E-state index is 4.51. The molecule has 6 heteroatoms. The van der Waals surface area contributed by atoms with E-state index in [9.17, 15) is 0 Å². The lowest BCUT2D eigenvalue weighted by molar-refractivity contribution is 0.172. The van der Waals surface area contributed by atoms with Gasteiger partial charge in [-0.1, -0.05) is 30.3 Å². The van der Waals surface area contributed by atoms with Crippen LogP contribution in [0.2, 0.25) is 0 Å². The zero-order valence-corrected chi connectivity index (χ0v) is 16.9. The quantitative estimate of drug-likeness (QED) is 0.648. The first kappa shape index (κ1) is 18.9. The highest BCUT2D eigenvalue weighted by Crippen LogP contribution is 2.17. The standard InChI is InChI=1S/C20H29N5S/c1-16-19(26-17(2)23-16)9-10-22-20(21-3)25-13-11-24(12-14-25)15-18-7-5-4-6-8-18/h4-8H,9-15H2,1-3H3,(H,21,22). The van der Waals surface area contributed by atoms with Crippen LogP contribution in [0, 0.1) is 13.8 Å². The second kappa shape index (κ2) is 9.14. The van der Waals surface area contributed by atoms with Crippen molar-refractivity contribution in [1.82, 2.24) is 20.1 Å². The van der Waals surface area contributed by atoms with E-state index in [2.05, 4.69) is 69.3 Å². The van der Waals surface area contributed by atoms with Crippen LogP contribution in [0.4, 0.5) is 0 Å². The van der Waals surface area contributed by atoms with E-state index >= 15 is 0 Å². The Bertz CT molecular complexity index is 717. The first-order valence-electron chi connectivity index (χ1n) is 9.30. The number of aliphatic imine (C=N–C) groups is 1. The number of rotatable bonds is 5. The third kappa shape index (κ3) is 5.05. The molecule has 2 heterocycles. The van der Waals surface area contributed by atoms with Crippen LogP contribution in [0.15, 0.2) is 35.3 Å². The summed E-state index contributed by atoms with van der Waals surface area (Å²) in [6, 6.07) is 10.7. The Labute approximate surface area is 160 Å². The van der Waals surface area contributed by atoms with Gasteiger partial charge < -0.3 is 10.2 Å². The number of nitrogens with one attached hydrogen (secondary N) is 1. The van der Waals surface area contributed by atoms with Gasteiger partial charge in [-0.15, -0.1) is 11.3 Å². The highest BCUT2D eigenvalue weighted by Gasteiger charge is 2.19. The second-order valence-electron chi connectivity index (χ2n) is 6.71. The van der Waals surface area contributed by atoms with E-state index in [1.165, 1.54) is 16.1 Å². The first-order valence-corrected chi connectivity index (χ1v) is 10.1. The van der Waals surface area contributed by atoms with Gasteiger partial charge in [0, 0.05) is 57.6 Å². The Morgan fingerprint density at radius 2 is 1.88 bits per heavy atom. The summed E-state index contributed by atoms with van der Waals surface area (Å²) in [4.78, 5) is 15.2. The molecular formula is C20H29N5S. The molecule has 0 atom stereocenters. The highest BCUT2D eigenvalue weighted by atomic mass is 32.1. The van der Waals surface area contributed by atoms with Gasteiger partial charge in [0.2, 0.25) is 0 Å². The molecule has 5 nitrogen and oxygen atoms in total. The number of aryl methyl sites for hydroxylation is 2. The molecule has 26 heavy (non-hydrogen) atoms. The van der Waals surface area contributed by atoms with Crippen molar-refractivity contribution >= 4 is 17.3 Å². The Morgan fingerprint density at radius 1 is 1.15 bits per heavy atom. The van der Waals surface area contributed by atoms with Crippen LogP contribution in [0.3, 0.4) is 0 Å². The van der Waals surface area contributed by atoms with E-state index in [1.54, 1.807) is 11.3 Å². The Morgan fingerprint density at radius 3 is 2.50 bits per heavy atom. The molecule has 3 rings (SSSR count). The number of benzene rings is 1. The topological polar surface area (TPSA) is 43.8 Å². The summed E-state index contributed by atoms with van der Waals surface area (Å²) >= 11 is 1.80. The molecule has 1 N–H and O–H groups in total. The van der Waals surface area contributed by atoms with Crippen LogP contribution in [-0.4, -0.2) is 60.5 Å². The maximum absolute atomic E-state index is 4.51. The Kier molecular flexibility index (Phi) is 6.63. The molecule has 140 valence electrons. The van der Waals surface area contributed by atoms with Crippen LogP contribution >= 0.6 is 11.3 Å². The SMILES string of the molecule is CN=C(NCCc1sc(C)nc1C)N1CCN(Cc2ccccc2)CC1. The molecular weight excluding hydrogens is 342 g/mol. The van der Waals surface area contributed by atoms with Gasteiger partial charge in [0.05, 0.1) is 10.7 Å². The van der Waals surface area contributed by atoms with Gasteiger partial charge in [-0.2, -0.15) is 0 Å². The summed E-state index contributed by atoms with van der Waals surface area (Å²) < 4.78 is 0. The van der Waals surface area contributed by atoms with Crippen molar-refractivity contribution in [3.63, 3.8) is 0 Å². The molecule has 0 bridgehead atoms. The number of aromatic nitrogens is 1. The minimum atomic E-state index is 0.902. The molecule has 0 spiro atoms. The lowest BCUT2D eigenvalue weighted by atomic mass is 10.2. The average molecular weight is 372 g/mol. The largest absolute Gasteiger partial charge is 0.356 e. The second-order valence-corrected chi connectivity index (χ2v) is 8.00. The lowest BCUT2D eigenvalue weighted by Crippen LogP contribution is -2.52. The smallest absolute Gasteiger partial charge is 0.193 e. The zero-order chi connectivity index (χ0) is 18.4. The minimum absolute atomic E-state index is 0.902. The van der Waals surface area contributed by atoms with E-state index in [4.69, 9.17) is 0 Å². The van der Waals surface area contributed by atoms with Gasteiger partial charge in [0.15, 0.2) is 5.96 Å².